The van der Waals surface area contributed by atoms with Crippen LogP contribution in [0.2, 0.25) is 0 Å². The smallest absolute Gasteiger partial charge is 0.0922 e. The van der Waals surface area contributed by atoms with Crippen LogP contribution in [0.4, 0.5) is 0 Å². The molecule has 1 saturated carbocycles. The van der Waals surface area contributed by atoms with Gasteiger partial charge in [0, 0.05) is 0 Å². The first-order chi connectivity index (χ1) is 6.65. The molecule has 0 bridgehead atoms. The second-order valence-corrected chi connectivity index (χ2v) is 5.75. The lowest BCUT2D eigenvalue weighted by Crippen LogP contribution is -2.34. The molecular formula is C12H24OS. The van der Waals surface area contributed by atoms with E-state index < -0.39 is 0 Å². The van der Waals surface area contributed by atoms with Gasteiger partial charge in [0.25, 0.3) is 0 Å². The Morgan fingerprint density at radius 3 is 2.64 bits per heavy atom. The van der Waals surface area contributed by atoms with E-state index in [9.17, 15) is 0 Å². The Labute approximate surface area is 93.0 Å². The van der Waals surface area contributed by atoms with Crippen molar-refractivity contribution in [2.45, 2.75) is 46.1 Å². The fourth-order valence-corrected chi connectivity index (χ4v) is 2.77. The molecule has 1 nitrogen and oxygen atoms in total. The Kier molecular flexibility index (Phi) is 5.32. The summed E-state index contributed by atoms with van der Waals surface area (Å²) in [5.74, 6) is 3.28. The molecule has 3 atom stereocenters. The van der Waals surface area contributed by atoms with Crippen molar-refractivity contribution in [2.75, 3.05) is 12.2 Å². The Morgan fingerprint density at radius 2 is 2.07 bits per heavy atom. The van der Waals surface area contributed by atoms with Gasteiger partial charge in [-0.05, 0) is 36.9 Å². The van der Waals surface area contributed by atoms with Gasteiger partial charge in [0.2, 0.25) is 0 Å². The Morgan fingerprint density at radius 1 is 1.36 bits per heavy atom. The average Bonchev–Trinajstić information content (AvgIpc) is 2.14. The van der Waals surface area contributed by atoms with Gasteiger partial charge in [0.15, 0.2) is 0 Å². The zero-order valence-corrected chi connectivity index (χ0v) is 10.8. The van der Waals surface area contributed by atoms with Gasteiger partial charge in [-0.1, -0.05) is 27.2 Å². The van der Waals surface area contributed by atoms with Crippen molar-refractivity contribution in [3.8, 4) is 0 Å². The van der Waals surface area contributed by atoms with Gasteiger partial charge in [0.1, 0.15) is 0 Å². The summed E-state index contributed by atoms with van der Waals surface area (Å²) >= 11 is 1.79. The number of thioether (sulfide) groups is 1. The Bertz CT molecular complexity index is 158. The Balaban J connectivity index is 2.45. The fourth-order valence-electron chi connectivity index (χ4n) is 2.46. The highest BCUT2D eigenvalue weighted by Gasteiger charge is 2.30. The summed E-state index contributed by atoms with van der Waals surface area (Å²) in [6.07, 6.45) is 6.64. The minimum absolute atomic E-state index is 0.520. The second kappa shape index (κ2) is 6.02. The predicted octanol–water partition coefficient (Wildman–Crippen LogP) is 3.78. The molecule has 1 aliphatic carbocycles. The van der Waals surface area contributed by atoms with Gasteiger partial charge < -0.3 is 4.74 Å². The van der Waals surface area contributed by atoms with E-state index in [1.807, 2.05) is 0 Å². The Hall–Kier alpha value is 0.310. The number of rotatable bonds is 4. The molecule has 0 amide bonds. The molecular weight excluding hydrogens is 192 g/mol. The summed E-state index contributed by atoms with van der Waals surface area (Å²) in [6.45, 7) is 7.01. The molecule has 0 aliphatic heterocycles. The van der Waals surface area contributed by atoms with Crippen molar-refractivity contribution >= 4 is 11.8 Å². The first kappa shape index (κ1) is 12.4. The molecule has 0 N–H and O–H groups in total. The highest BCUT2D eigenvalue weighted by molar-refractivity contribution is 7.98. The van der Waals surface area contributed by atoms with Crippen molar-refractivity contribution in [1.29, 1.82) is 0 Å². The van der Waals surface area contributed by atoms with E-state index >= 15 is 0 Å². The monoisotopic (exact) mass is 216 g/mol. The lowest BCUT2D eigenvalue weighted by molar-refractivity contribution is -0.0169. The zero-order chi connectivity index (χ0) is 10.6. The van der Waals surface area contributed by atoms with Crippen LogP contribution in [0.25, 0.3) is 0 Å². The van der Waals surface area contributed by atoms with Crippen LogP contribution >= 0.6 is 11.8 Å². The molecule has 0 unspecified atom stereocenters. The molecule has 0 spiro atoms. The first-order valence-corrected chi connectivity index (χ1v) is 7.15. The van der Waals surface area contributed by atoms with Crippen molar-refractivity contribution in [1.82, 2.24) is 0 Å². The van der Waals surface area contributed by atoms with Gasteiger partial charge in [-0.15, -0.1) is 11.8 Å². The molecule has 1 rings (SSSR count). The zero-order valence-electron chi connectivity index (χ0n) is 9.95. The van der Waals surface area contributed by atoms with Gasteiger partial charge in [-0.2, -0.15) is 0 Å². The van der Waals surface area contributed by atoms with Gasteiger partial charge in [-0.3, -0.25) is 0 Å². The van der Waals surface area contributed by atoms with Gasteiger partial charge >= 0.3 is 0 Å². The molecule has 14 heavy (non-hydrogen) atoms. The van der Waals surface area contributed by atoms with E-state index in [2.05, 4.69) is 27.0 Å². The third kappa shape index (κ3) is 3.47. The van der Waals surface area contributed by atoms with Crippen LogP contribution in [-0.2, 0) is 4.74 Å². The lowest BCUT2D eigenvalue weighted by Gasteiger charge is -2.37. The minimum atomic E-state index is 0.520. The predicted molar refractivity (Wildman–Crippen MR) is 64.6 cm³/mol. The van der Waals surface area contributed by atoms with E-state index in [1.54, 1.807) is 11.8 Å². The van der Waals surface area contributed by atoms with Crippen LogP contribution in [-0.4, -0.2) is 18.3 Å². The molecule has 0 aromatic heterocycles. The van der Waals surface area contributed by atoms with Gasteiger partial charge in [0.05, 0.1) is 12.0 Å². The quantitative estimate of drug-likeness (QED) is 0.661. The summed E-state index contributed by atoms with van der Waals surface area (Å²) < 4.78 is 5.94. The van der Waals surface area contributed by atoms with Crippen LogP contribution in [0.1, 0.15) is 40.0 Å². The van der Waals surface area contributed by atoms with Crippen LogP contribution < -0.4 is 0 Å². The van der Waals surface area contributed by atoms with Crippen LogP contribution in [0, 0.1) is 17.8 Å². The lowest BCUT2D eigenvalue weighted by atomic mass is 9.75. The second-order valence-electron chi connectivity index (χ2n) is 4.94. The molecule has 2 heteroatoms. The molecule has 1 fully saturated rings. The maximum Gasteiger partial charge on any atom is 0.0922 e. The average molecular weight is 216 g/mol. The normalized spacial score (nSPS) is 33.6. The van der Waals surface area contributed by atoms with E-state index in [0.717, 1.165) is 23.7 Å². The highest BCUT2D eigenvalue weighted by atomic mass is 32.2. The number of ether oxygens (including phenoxy) is 1. The van der Waals surface area contributed by atoms with Gasteiger partial charge in [-0.25, -0.2) is 0 Å². The van der Waals surface area contributed by atoms with Crippen molar-refractivity contribution in [2.24, 2.45) is 17.8 Å². The summed E-state index contributed by atoms with van der Waals surface area (Å²) in [5, 5.41) is 0. The van der Waals surface area contributed by atoms with E-state index in [4.69, 9.17) is 4.74 Å². The van der Waals surface area contributed by atoms with E-state index in [-0.39, 0.29) is 0 Å². The largest absolute Gasteiger partial charge is 0.367 e. The molecule has 0 saturated heterocycles. The molecule has 0 aromatic carbocycles. The highest BCUT2D eigenvalue weighted by Crippen LogP contribution is 2.35. The topological polar surface area (TPSA) is 9.23 Å². The van der Waals surface area contributed by atoms with Crippen molar-refractivity contribution in [3.05, 3.63) is 0 Å². The summed E-state index contributed by atoms with van der Waals surface area (Å²) in [7, 11) is 0. The fraction of sp³-hybridized carbons (Fsp3) is 1.00. The van der Waals surface area contributed by atoms with Crippen molar-refractivity contribution < 1.29 is 4.74 Å². The summed E-state index contributed by atoms with van der Waals surface area (Å²) in [5.41, 5.74) is 0. The molecule has 0 aromatic rings. The summed E-state index contributed by atoms with van der Waals surface area (Å²) in [6, 6.07) is 0. The molecule has 0 heterocycles. The third-order valence-corrected chi connectivity index (χ3v) is 3.73. The van der Waals surface area contributed by atoms with Crippen molar-refractivity contribution in [3.63, 3.8) is 0 Å². The minimum Gasteiger partial charge on any atom is -0.367 e. The van der Waals surface area contributed by atoms with Crippen LogP contribution in [0.5, 0.6) is 0 Å². The standard InChI is InChI=1S/C12H24OS/c1-9(2)11-6-5-10(3)7-12(11)13-8-14-4/h9-12H,5-8H2,1-4H3/t10-,11+,12-/m1/s1. The number of hydrogen-bond acceptors (Lipinski definition) is 2. The maximum absolute atomic E-state index is 5.94. The van der Waals surface area contributed by atoms with E-state index in [0.29, 0.717) is 6.10 Å². The van der Waals surface area contributed by atoms with Crippen LogP contribution in [0.3, 0.4) is 0 Å². The summed E-state index contributed by atoms with van der Waals surface area (Å²) in [4.78, 5) is 0. The molecule has 1 aliphatic rings. The maximum atomic E-state index is 5.94. The van der Waals surface area contributed by atoms with Crippen LogP contribution in [0.15, 0.2) is 0 Å². The first-order valence-electron chi connectivity index (χ1n) is 5.75. The number of hydrogen-bond donors (Lipinski definition) is 0. The third-order valence-electron chi connectivity index (χ3n) is 3.36. The van der Waals surface area contributed by atoms with E-state index in [1.165, 1.54) is 19.3 Å². The molecule has 84 valence electrons. The SMILES string of the molecule is CSCO[C@@H]1C[C@H](C)CC[C@H]1C(C)C. The molecule has 0 radical (unpaired) electrons.